The molecule has 0 bridgehead atoms. The summed E-state index contributed by atoms with van der Waals surface area (Å²) < 4.78 is 57.2. The summed E-state index contributed by atoms with van der Waals surface area (Å²) in [7, 11) is -3.83. The van der Waals surface area contributed by atoms with Crippen LogP contribution in [0.4, 0.5) is 8.78 Å². The first-order valence-corrected chi connectivity index (χ1v) is 9.79. The predicted molar refractivity (Wildman–Crippen MR) is 91.1 cm³/mol. The van der Waals surface area contributed by atoms with E-state index in [1.54, 1.807) is 24.3 Å². The fourth-order valence-corrected chi connectivity index (χ4v) is 4.13. The van der Waals surface area contributed by atoms with E-state index in [1.807, 2.05) is 11.4 Å². The third kappa shape index (κ3) is 3.21. The maximum absolute atomic E-state index is 13.6. The van der Waals surface area contributed by atoms with E-state index >= 15 is 0 Å². The SMILES string of the molecule is CS(=O)(=O)c1ccc(Oc2cccc3sccc23)c(C(F)F)c1C#N. The lowest BCUT2D eigenvalue weighted by Crippen LogP contribution is -2.05. The number of thiophene rings is 1. The van der Waals surface area contributed by atoms with Crippen molar-refractivity contribution in [3.8, 4) is 17.6 Å². The van der Waals surface area contributed by atoms with E-state index in [0.29, 0.717) is 5.75 Å². The number of halogens is 2. The lowest BCUT2D eigenvalue weighted by Gasteiger charge is -2.15. The Labute approximate surface area is 146 Å². The Balaban J connectivity index is 2.20. The molecule has 25 heavy (non-hydrogen) atoms. The number of benzene rings is 2. The highest BCUT2D eigenvalue weighted by Crippen LogP contribution is 2.40. The fourth-order valence-electron chi connectivity index (χ4n) is 2.48. The van der Waals surface area contributed by atoms with E-state index in [1.165, 1.54) is 11.3 Å². The summed E-state index contributed by atoms with van der Waals surface area (Å²) >= 11 is 1.48. The molecule has 0 spiro atoms. The van der Waals surface area contributed by atoms with Gasteiger partial charge in [-0.05, 0) is 35.7 Å². The van der Waals surface area contributed by atoms with Crippen LogP contribution in [0.25, 0.3) is 10.1 Å². The number of fused-ring (bicyclic) bond motifs is 1. The quantitative estimate of drug-likeness (QED) is 0.646. The molecular weight excluding hydrogens is 368 g/mol. The van der Waals surface area contributed by atoms with Crippen molar-refractivity contribution in [3.05, 3.63) is 52.9 Å². The second-order valence-electron chi connectivity index (χ2n) is 5.23. The standard InChI is InChI=1S/C17H11F2NO3S2/c1-25(21,22)15-6-5-13(16(17(18)19)11(15)9-20)23-12-3-2-4-14-10(12)7-8-24-14/h2-8,17H,1H3. The highest BCUT2D eigenvalue weighted by molar-refractivity contribution is 7.90. The zero-order chi connectivity index (χ0) is 18.2. The summed E-state index contributed by atoms with van der Waals surface area (Å²) in [5.74, 6) is 0.120. The van der Waals surface area contributed by atoms with E-state index in [9.17, 15) is 22.5 Å². The lowest BCUT2D eigenvalue weighted by atomic mass is 10.1. The minimum atomic E-state index is -3.83. The summed E-state index contributed by atoms with van der Waals surface area (Å²) in [6.07, 6.45) is -2.20. The Morgan fingerprint density at radius 2 is 1.92 bits per heavy atom. The Bertz CT molecular complexity index is 1100. The smallest absolute Gasteiger partial charge is 0.268 e. The molecular formula is C17H11F2NO3S2. The van der Waals surface area contributed by atoms with Gasteiger partial charge in [0, 0.05) is 16.3 Å². The topological polar surface area (TPSA) is 67.2 Å². The number of hydrogen-bond acceptors (Lipinski definition) is 5. The first-order valence-electron chi connectivity index (χ1n) is 7.02. The molecule has 0 amide bonds. The van der Waals surface area contributed by atoms with Crippen LogP contribution in [0, 0.1) is 11.3 Å². The third-order valence-corrected chi connectivity index (χ3v) is 5.59. The highest BCUT2D eigenvalue weighted by atomic mass is 32.2. The number of nitriles is 1. The number of ether oxygens (including phenoxy) is 1. The maximum atomic E-state index is 13.6. The first kappa shape index (κ1) is 17.3. The van der Waals surface area contributed by atoms with Crippen LogP contribution in [0.15, 0.2) is 46.7 Å². The third-order valence-electron chi connectivity index (χ3n) is 3.57. The van der Waals surface area contributed by atoms with E-state index in [4.69, 9.17) is 4.74 Å². The first-order chi connectivity index (χ1) is 11.8. The van der Waals surface area contributed by atoms with E-state index < -0.39 is 32.3 Å². The molecule has 2 aromatic carbocycles. The van der Waals surface area contributed by atoms with Crippen LogP contribution in [0.5, 0.6) is 11.5 Å². The van der Waals surface area contributed by atoms with Crippen LogP contribution in [0.3, 0.4) is 0 Å². The summed E-state index contributed by atoms with van der Waals surface area (Å²) in [6.45, 7) is 0. The zero-order valence-corrected chi connectivity index (χ0v) is 14.5. The number of nitrogens with zero attached hydrogens (tertiary/aromatic N) is 1. The molecule has 1 heterocycles. The summed E-state index contributed by atoms with van der Waals surface area (Å²) in [4.78, 5) is -0.439. The van der Waals surface area contributed by atoms with E-state index in [2.05, 4.69) is 0 Å². The van der Waals surface area contributed by atoms with Crippen molar-refractivity contribution >= 4 is 31.3 Å². The second kappa shape index (κ2) is 6.43. The molecule has 0 saturated heterocycles. The molecule has 1 aromatic heterocycles. The van der Waals surface area contributed by atoms with Crippen molar-refractivity contribution in [1.82, 2.24) is 0 Å². The van der Waals surface area contributed by atoms with Gasteiger partial charge in [-0.15, -0.1) is 11.3 Å². The van der Waals surface area contributed by atoms with Gasteiger partial charge >= 0.3 is 0 Å². The van der Waals surface area contributed by atoms with Gasteiger partial charge in [0.25, 0.3) is 6.43 Å². The van der Waals surface area contributed by atoms with Crippen LogP contribution in [-0.4, -0.2) is 14.7 Å². The minimum absolute atomic E-state index is 0.238. The average Bonchev–Trinajstić information content (AvgIpc) is 3.02. The number of rotatable bonds is 4. The van der Waals surface area contributed by atoms with Crippen molar-refractivity contribution < 1.29 is 21.9 Å². The Morgan fingerprint density at radius 3 is 2.56 bits per heavy atom. The summed E-state index contributed by atoms with van der Waals surface area (Å²) in [5, 5.41) is 11.8. The number of sulfone groups is 1. The molecule has 0 N–H and O–H groups in total. The van der Waals surface area contributed by atoms with Crippen LogP contribution < -0.4 is 4.74 Å². The lowest BCUT2D eigenvalue weighted by molar-refractivity contribution is 0.147. The Kier molecular flexibility index (Phi) is 4.45. The Morgan fingerprint density at radius 1 is 1.16 bits per heavy atom. The van der Waals surface area contributed by atoms with Crippen molar-refractivity contribution in [2.24, 2.45) is 0 Å². The molecule has 0 aliphatic carbocycles. The summed E-state index contributed by atoms with van der Waals surface area (Å²) in [6, 6.07) is 10.9. The Hall–Kier alpha value is -2.50. The minimum Gasteiger partial charge on any atom is -0.456 e. The molecule has 0 aliphatic rings. The predicted octanol–water partition coefficient (Wildman–Crippen LogP) is 4.91. The second-order valence-corrected chi connectivity index (χ2v) is 8.16. The van der Waals surface area contributed by atoms with Gasteiger partial charge < -0.3 is 4.74 Å². The molecule has 0 saturated carbocycles. The van der Waals surface area contributed by atoms with Crippen LogP contribution >= 0.6 is 11.3 Å². The maximum Gasteiger partial charge on any atom is 0.268 e. The number of hydrogen-bond donors (Lipinski definition) is 0. The molecule has 3 aromatic rings. The van der Waals surface area contributed by atoms with Gasteiger partial charge in [-0.2, -0.15) is 5.26 Å². The van der Waals surface area contributed by atoms with E-state index in [0.717, 1.165) is 28.5 Å². The van der Waals surface area contributed by atoms with Crippen LogP contribution in [0.1, 0.15) is 17.6 Å². The van der Waals surface area contributed by atoms with Gasteiger partial charge in [0.1, 0.15) is 17.6 Å². The molecule has 0 atom stereocenters. The fraction of sp³-hybridized carbons (Fsp3) is 0.118. The number of alkyl halides is 2. The summed E-state index contributed by atoms with van der Waals surface area (Å²) in [5.41, 5.74) is -1.31. The van der Waals surface area contributed by atoms with Crippen molar-refractivity contribution in [2.75, 3.05) is 6.26 Å². The van der Waals surface area contributed by atoms with Crippen LogP contribution in [0.2, 0.25) is 0 Å². The van der Waals surface area contributed by atoms with Crippen molar-refractivity contribution in [1.29, 1.82) is 5.26 Å². The van der Waals surface area contributed by atoms with Gasteiger partial charge in [0.2, 0.25) is 0 Å². The van der Waals surface area contributed by atoms with Crippen molar-refractivity contribution in [2.45, 2.75) is 11.3 Å². The highest BCUT2D eigenvalue weighted by Gasteiger charge is 2.26. The van der Waals surface area contributed by atoms with Gasteiger partial charge in [-0.1, -0.05) is 6.07 Å². The largest absolute Gasteiger partial charge is 0.456 e. The van der Waals surface area contributed by atoms with Gasteiger partial charge in [-0.25, -0.2) is 17.2 Å². The molecule has 0 unspecified atom stereocenters. The molecule has 0 fully saturated rings. The van der Waals surface area contributed by atoms with Gasteiger partial charge in [0.05, 0.1) is 16.0 Å². The molecule has 128 valence electrons. The molecule has 8 heteroatoms. The zero-order valence-electron chi connectivity index (χ0n) is 12.9. The monoisotopic (exact) mass is 379 g/mol. The van der Waals surface area contributed by atoms with Crippen LogP contribution in [-0.2, 0) is 9.84 Å². The molecule has 0 aliphatic heterocycles. The normalized spacial score (nSPS) is 11.6. The van der Waals surface area contributed by atoms with Gasteiger partial charge in [0.15, 0.2) is 9.84 Å². The van der Waals surface area contributed by atoms with Gasteiger partial charge in [-0.3, -0.25) is 0 Å². The van der Waals surface area contributed by atoms with Crippen molar-refractivity contribution in [3.63, 3.8) is 0 Å². The molecule has 3 rings (SSSR count). The average molecular weight is 379 g/mol. The molecule has 4 nitrogen and oxygen atoms in total. The van der Waals surface area contributed by atoms with E-state index in [-0.39, 0.29) is 5.75 Å². The molecule has 0 radical (unpaired) electrons.